The van der Waals surface area contributed by atoms with E-state index in [-0.39, 0.29) is 5.91 Å². The molecule has 2 N–H and O–H groups in total. The largest absolute Gasteiger partial charge is 0.384 e. The van der Waals surface area contributed by atoms with Crippen molar-refractivity contribution < 1.29 is 9.53 Å². The summed E-state index contributed by atoms with van der Waals surface area (Å²) in [5.41, 5.74) is 5.77. The van der Waals surface area contributed by atoms with Crippen LogP contribution in [0.5, 0.6) is 0 Å². The minimum atomic E-state index is 0.0785. The van der Waals surface area contributed by atoms with Crippen molar-refractivity contribution in [3.63, 3.8) is 0 Å². The van der Waals surface area contributed by atoms with E-state index in [1.54, 1.807) is 18.0 Å². The Hall–Kier alpha value is -1.89. The summed E-state index contributed by atoms with van der Waals surface area (Å²) in [6.07, 6.45) is 0. The average Bonchev–Trinajstić information content (AvgIpc) is 2.39. The maximum absolute atomic E-state index is 11.7. The second-order valence-corrected chi connectivity index (χ2v) is 4.44. The van der Waals surface area contributed by atoms with Gasteiger partial charge >= 0.3 is 0 Å². The Morgan fingerprint density at radius 3 is 2.89 bits per heavy atom. The van der Waals surface area contributed by atoms with Crippen LogP contribution in [-0.4, -0.2) is 54.1 Å². The first kappa shape index (κ1) is 13.5. The van der Waals surface area contributed by atoms with Gasteiger partial charge in [0.2, 0.25) is 5.91 Å². The van der Waals surface area contributed by atoms with Gasteiger partial charge in [0, 0.05) is 32.8 Å². The van der Waals surface area contributed by atoms with Gasteiger partial charge in [0.1, 0.15) is 18.2 Å². The molecule has 19 heavy (non-hydrogen) atoms. The zero-order chi connectivity index (χ0) is 13.8. The molecule has 0 aromatic carbocycles. The fraction of sp³-hybridized carbons (Fsp3) is 0.583. The van der Waals surface area contributed by atoms with Gasteiger partial charge in [0.15, 0.2) is 5.82 Å². The molecule has 1 aromatic rings. The van der Waals surface area contributed by atoms with E-state index in [0.29, 0.717) is 43.8 Å². The zero-order valence-corrected chi connectivity index (χ0v) is 11.3. The first-order valence-electron chi connectivity index (χ1n) is 6.30. The molecule has 0 unspecified atom stereocenters. The lowest BCUT2D eigenvalue weighted by molar-refractivity contribution is -0.129. The quantitative estimate of drug-likeness (QED) is 0.816. The number of carbonyl (C=O) groups is 1. The summed E-state index contributed by atoms with van der Waals surface area (Å²) in [6.45, 7) is 4.58. The summed E-state index contributed by atoms with van der Waals surface area (Å²) in [4.78, 5) is 23.8. The van der Waals surface area contributed by atoms with E-state index in [4.69, 9.17) is 10.5 Å². The Morgan fingerprint density at radius 1 is 1.42 bits per heavy atom. The highest BCUT2D eigenvalue weighted by atomic mass is 16.5. The number of nitrogens with zero attached hydrogens (tertiary/aromatic N) is 4. The van der Waals surface area contributed by atoms with Gasteiger partial charge in [0.05, 0.1) is 6.54 Å². The molecule has 0 spiro atoms. The second-order valence-electron chi connectivity index (χ2n) is 4.44. The van der Waals surface area contributed by atoms with Gasteiger partial charge in [-0.05, 0) is 6.92 Å². The van der Waals surface area contributed by atoms with Crippen molar-refractivity contribution in [2.45, 2.75) is 13.5 Å². The van der Waals surface area contributed by atoms with Gasteiger partial charge in [-0.15, -0.1) is 0 Å². The van der Waals surface area contributed by atoms with Gasteiger partial charge in [-0.1, -0.05) is 0 Å². The molecule has 7 heteroatoms. The van der Waals surface area contributed by atoms with Gasteiger partial charge in [-0.2, -0.15) is 0 Å². The van der Waals surface area contributed by atoms with Gasteiger partial charge < -0.3 is 20.3 Å². The number of amides is 1. The second kappa shape index (κ2) is 5.83. The fourth-order valence-corrected chi connectivity index (χ4v) is 1.88. The molecule has 0 radical (unpaired) electrons. The van der Waals surface area contributed by atoms with Crippen LogP contribution in [0.15, 0.2) is 6.07 Å². The van der Waals surface area contributed by atoms with Crippen LogP contribution in [0.2, 0.25) is 0 Å². The van der Waals surface area contributed by atoms with Crippen LogP contribution in [0, 0.1) is 0 Å². The molecular weight excluding hydrogens is 246 g/mol. The summed E-state index contributed by atoms with van der Waals surface area (Å²) in [5, 5.41) is 0. The van der Waals surface area contributed by atoms with Crippen molar-refractivity contribution in [1.82, 2.24) is 14.9 Å². The van der Waals surface area contributed by atoms with Crippen LogP contribution in [-0.2, 0) is 16.1 Å². The number of nitrogen functional groups attached to an aromatic ring is 1. The molecule has 1 aliphatic heterocycles. The van der Waals surface area contributed by atoms with Crippen LogP contribution in [0.4, 0.5) is 11.6 Å². The first-order valence-corrected chi connectivity index (χ1v) is 6.30. The molecule has 0 aliphatic carbocycles. The minimum absolute atomic E-state index is 0.0785. The Kier molecular flexibility index (Phi) is 4.16. The Morgan fingerprint density at radius 2 is 2.21 bits per heavy atom. The van der Waals surface area contributed by atoms with Gasteiger partial charge in [-0.3, -0.25) is 4.79 Å². The van der Waals surface area contributed by atoms with Crippen molar-refractivity contribution in [1.29, 1.82) is 0 Å². The molecule has 1 amide bonds. The molecule has 0 saturated carbocycles. The third kappa shape index (κ3) is 3.31. The number of nitrogens with two attached hydrogens (primary N) is 1. The normalized spacial score (nSPS) is 16.0. The standard InChI is InChI=1S/C12H19N5O2/c1-3-19-8-10-14-9(13)6-11(15-10)17-5-4-16(2)12(18)7-17/h6H,3-5,7-8H2,1-2H3,(H2,13,14,15). The highest BCUT2D eigenvalue weighted by molar-refractivity contribution is 5.82. The van der Waals surface area contributed by atoms with E-state index in [1.807, 2.05) is 11.8 Å². The topological polar surface area (TPSA) is 84.6 Å². The van der Waals surface area contributed by atoms with E-state index in [0.717, 1.165) is 6.54 Å². The molecule has 7 nitrogen and oxygen atoms in total. The number of likely N-dealkylation sites (N-methyl/N-ethyl adjacent to an activating group) is 1. The molecule has 2 rings (SSSR count). The molecular formula is C12H19N5O2. The van der Waals surface area contributed by atoms with E-state index in [2.05, 4.69) is 9.97 Å². The molecule has 0 atom stereocenters. The number of piperazine rings is 1. The smallest absolute Gasteiger partial charge is 0.241 e. The predicted molar refractivity (Wildman–Crippen MR) is 71.6 cm³/mol. The molecule has 104 valence electrons. The SMILES string of the molecule is CCOCc1nc(N)cc(N2CCN(C)C(=O)C2)n1. The lowest BCUT2D eigenvalue weighted by Crippen LogP contribution is -2.48. The number of hydrogen-bond donors (Lipinski definition) is 1. The van der Waals surface area contributed by atoms with Crippen molar-refractivity contribution in [3.8, 4) is 0 Å². The fourth-order valence-electron chi connectivity index (χ4n) is 1.88. The van der Waals surface area contributed by atoms with Crippen molar-refractivity contribution in [2.75, 3.05) is 43.9 Å². The maximum Gasteiger partial charge on any atom is 0.241 e. The number of aromatic nitrogens is 2. The lowest BCUT2D eigenvalue weighted by atomic mass is 10.3. The number of hydrogen-bond acceptors (Lipinski definition) is 6. The van der Waals surface area contributed by atoms with E-state index in [9.17, 15) is 4.79 Å². The summed E-state index contributed by atoms with van der Waals surface area (Å²) >= 11 is 0. The Balaban J connectivity index is 2.15. The van der Waals surface area contributed by atoms with E-state index >= 15 is 0 Å². The Labute approximate surface area is 112 Å². The third-order valence-corrected chi connectivity index (χ3v) is 3.00. The molecule has 0 bridgehead atoms. The molecule has 1 saturated heterocycles. The summed E-state index contributed by atoms with van der Waals surface area (Å²) < 4.78 is 5.28. The minimum Gasteiger partial charge on any atom is -0.384 e. The summed E-state index contributed by atoms with van der Waals surface area (Å²) in [6, 6.07) is 1.69. The third-order valence-electron chi connectivity index (χ3n) is 3.00. The number of ether oxygens (including phenoxy) is 1. The monoisotopic (exact) mass is 265 g/mol. The first-order chi connectivity index (χ1) is 9.10. The van der Waals surface area contributed by atoms with Crippen LogP contribution in [0.1, 0.15) is 12.7 Å². The highest BCUT2D eigenvalue weighted by Gasteiger charge is 2.22. The lowest BCUT2D eigenvalue weighted by Gasteiger charge is -2.32. The zero-order valence-electron chi connectivity index (χ0n) is 11.3. The average molecular weight is 265 g/mol. The predicted octanol–water partition coefficient (Wildman–Crippen LogP) is -0.126. The Bertz CT molecular complexity index is 465. The van der Waals surface area contributed by atoms with Crippen molar-refractivity contribution >= 4 is 17.5 Å². The van der Waals surface area contributed by atoms with Crippen molar-refractivity contribution in [3.05, 3.63) is 11.9 Å². The van der Waals surface area contributed by atoms with Gasteiger partial charge in [-0.25, -0.2) is 9.97 Å². The van der Waals surface area contributed by atoms with Gasteiger partial charge in [0.25, 0.3) is 0 Å². The van der Waals surface area contributed by atoms with Crippen LogP contribution >= 0.6 is 0 Å². The number of anilines is 2. The van der Waals surface area contributed by atoms with Crippen molar-refractivity contribution in [2.24, 2.45) is 0 Å². The maximum atomic E-state index is 11.7. The number of carbonyl (C=O) groups excluding carboxylic acids is 1. The molecule has 1 fully saturated rings. The molecule has 1 aliphatic rings. The highest BCUT2D eigenvalue weighted by Crippen LogP contribution is 2.16. The molecule has 1 aromatic heterocycles. The van der Waals surface area contributed by atoms with Crippen LogP contribution < -0.4 is 10.6 Å². The molecule has 2 heterocycles. The number of rotatable bonds is 4. The van der Waals surface area contributed by atoms with Crippen LogP contribution in [0.25, 0.3) is 0 Å². The summed E-state index contributed by atoms with van der Waals surface area (Å²) in [7, 11) is 1.80. The van der Waals surface area contributed by atoms with E-state index in [1.165, 1.54) is 0 Å². The van der Waals surface area contributed by atoms with Crippen LogP contribution in [0.3, 0.4) is 0 Å². The van der Waals surface area contributed by atoms with E-state index < -0.39 is 0 Å². The summed E-state index contributed by atoms with van der Waals surface area (Å²) in [5.74, 6) is 1.70.